The van der Waals surface area contributed by atoms with Crippen LogP contribution in [0.4, 0.5) is 0 Å². The van der Waals surface area contributed by atoms with Crippen LogP contribution in [0.15, 0.2) is 33.5 Å². The Bertz CT molecular complexity index is 2380. The summed E-state index contributed by atoms with van der Waals surface area (Å²) in [6, 6.07) is 6.05. The van der Waals surface area contributed by atoms with Crippen molar-refractivity contribution in [1.29, 1.82) is 0 Å². The second kappa shape index (κ2) is 22.0. The van der Waals surface area contributed by atoms with Crippen LogP contribution in [0.25, 0.3) is 22.3 Å². The van der Waals surface area contributed by atoms with Gasteiger partial charge in [0.05, 0.1) is 44.7 Å². The van der Waals surface area contributed by atoms with Gasteiger partial charge in [-0.1, -0.05) is 0 Å². The van der Waals surface area contributed by atoms with Crippen LogP contribution in [0.5, 0.6) is 28.7 Å². The van der Waals surface area contributed by atoms with Crippen LogP contribution in [0, 0.1) is 3.57 Å². The van der Waals surface area contributed by atoms with Crippen molar-refractivity contribution in [2.24, 2.45) is 0 Å². The maximum Gasteiger partial charge on any atom is 0.303 e. The summed E-state index contributed by atoms with van der Waals surface area (Å²) in [7, 11) is 5.56. The van der Waals surface area contributed by atoms with Crippen LogP contribution >= 0.6 is 22.6 Å². The monoisotopic (exact) mass is 1040 g/mol. The topological polar surface area (TPSA) is 262 Å². The molecule has 0 amide bonds. The van der Waals surface area contributed by atoms with Gasteiger partial charge in [0.25, 0.3) is 0 Å². The van der Waals surface area contributed by atoms with Crippen molar-refractivity contribution in [3.63, 3.8) is 0 Å². The molecule has 360 valence electrons. The molecule has 10 atom stereocenters. The third-order valence-corrected chi connectivity index (χ3v) is 10.9. The molecule has 2 fully saturated rings. The van der Waals surface area contributed by atoms with Gasteiger partial charge in [0.1, 0.15) is 23.0 Å². The lowest BCUT2D eigenvalue weighted by Crippen LogP contribution is -2.65. The van der Waals surface area contributed by atoms with E-state index >= 15 is 0 Å². The molecule has 0 bridgehead atoms. The van der Waals surface area contributed by atoms with Gasteiger partial charge >= 0.3 is 35.8 Å². The van der Waals surface area contributed by atoms with E-state index in [4.69, 9.17) is 70.7 Å². The first kappa shape index (κ1) is 51.1. The van der Waals surface area contributed by atoms with Crippen LogP contribution in [0.3, 0.4) is 0 Å². The predicted octanol–water partition coefficient (Wildman–Crippen LogP) is 3.55. The number of halogens is 1. The Kier molecular flexibility index (Phi) is 17.1. The SMILES string of the molecule is COc1ccc(-c2oc3c(I)c(OC)cc(OC)c3c(=O)c2O[C@@H]2O[C@H](CO[C@@H]3O[C@@H](C)[C@H](OC(C)=O)[C@@H](OC(C)=O)[C@H]3OC(C)=O)[C@@H](OC(C)=O)[C@H](OC(C)=O)[C@H]2OC(C)=O)cc1OC. The summed E-state index contributed by atoms with van der Waals surface area (Å²) < 4.78 is 87.3. The molecule has 66 heavy (non-hydrogen) atoms. The smallest absolute Gasteiger partial charge is 0.303 e. The minimum atomic E-state index is -1.92. The van der Waals surface area contributed by atoms with E-state index in [9.17, 15) is 33.6 Å². The van der Waals surface area contributed by atoms with Crippen molar-refractivity contribution < 1.29 is 99.5 Å². The number of fused-ring (bicyclic) bond motifs is 1. The zero-order valence-corrected chi connectivity index (χ0v) is 39.8. The Morgan fingerprint density at radius 2 is 1.06 bits per heavy atom. The van der Waals surface area contributed by atoms with Gasteiger partial charge in [0.15, 0.2) is 59.7 Å². The molecule has 5 rings (SSSR count). The minimum absolute atomic E-state index is 0.0202. The third-order valence-electron chi connectivity index (χ3n) is 9.87. The van der Waals surface area contributed by atoms with Crippen molar-refractivity contribution in [3.05, 3.63) is 38.1 Å². The summed E-state index contributed by atoms with van der Waals surface area (Å²) in [5.74, 6) is -5.11. The van der Waals surface area contributed by atoms with Gasteiger partial charge in [-0.3, -0.25) is 33.6 Å². The van der Waals surface area contributed by atoms with E-state index in [0.717, 1.165) is 41.5 Å². The summed E-state index contributed by atoms with van der Waals surface area (Å²) in [5.41, 5.74) is -0.584. The lowest BCUT2D eigenvalue weighted by Gasteiger charge is -2.46. The first-order valence-corrected chi connectivity index (χ1v) is 21.1. The first-order valence-electron chi connectivity index (χ1n) is 20.0. The van der Waals surface area contributed by atoms with Gasteiger partial charge in [-0.05, 0) is 47.7 Å². The third kappa shape index (κ3) is 11.5. The lowest BCUT2D eigenvalue weighted by molar-refractivity contribution is -0.323. The van der Waals surface area contributed by atoms with E-state index in [1.165, 1.54) is 47.5 Å². The van der Waals surface area contributed by atoms with Crippen LogP contribution < -0.4 is 29.1 Å². The average molecular weight is 1040 g/mol. The van der Waals surface area contributed by atoms with Crippen LogP contribution in [-0.2, 0) is 71.4 Å². The highest BCUT2D eigenvalue weighted by Gasteiger charge is 2.55. The number of ether oxygens (including phenoxy) is 14. The fourth-order valence-electron chi connectivity index (χ4n) is 7.34. The number of hydrogen-bond acceptors (Lipinski definition) is 22. The molecule has 0 N–H and O–H groups in total. The normalized spacial score (nSPS) is 24.8. The summed E-state index contributed by atoms with van der Waals surface area (Å²) in [5, 5.41) is -0.106. The van der Waals surface area contributed by atoms with E-state index in [-0.39, 0.29) is 33.8 Å². The number of carbonyl (C=O) groups is 6. The zero-order valence-electron chi connectivity index (χ0n) is 37.6. The van der Waals surface area contributed by atoms with Crippen molar-refractivity contribution in [2.45, 2.75) is 110 Å². The molecule has 2 aliphatic heterocycles. The number of benzene rings is 2. The zero-order chi connectivity index (χ0) is 48.7. The van der Waals surface area contributed by atoms with Gasteiger partial charge in [0, 0.05) is 53.2 Å². The summed E-state index contributed by atoms with van der Waals surface area (Å²) >= 11 is 1.94. The molecule has 2 saturated heterocycles. The van der Waals surface area contributed by atoms with E-state index < -0.39 is 115 Å². The molecule has 3 aromatic rings. The van der Waals surface area contributed by atoms with Crippen LogP contribution in [0.1, 0.15) is 48.5 Å². The Morgan fingerprint density at radius 3 is 1.59 bits per heavy atom. The highest BCUT2D eigenvalue weighted by atomic mass is 127. The van der Waals surface area contributed by atoms with Crippen molar-refractivity contribution >= 4 is 69.4 Å². The molecule has 0 aliphatic carbocycles. The molecule has 0 unspecified atom stereocenters. The molecule has 0 saturated carbocycles. The van der Waals surface area contributed by atoms with E-state index in [1.807, 2.05) is 22.6 Å². The molecule has 1 aromatic heterocycles. The van der Waals surface area contributed by atoms with Gasteiger partial charge in [0.2, 0.25) is 23.6 Å². The Balaban J connectivity index is 1.70. The Labute approximate surface area is 390 Å². The molecular weight excluding hydrogens is 995 g/mol. The maximum atomic E-state index is 14.9. The van der Waals surface area contributed by atoms with Gasteiger partial charge in [-0.15, -0.1) is 0 Å². The van der Waals surface area contributed by atoms with Crippen molar-refractivity contribution in [1.82, 2.24) is 0 Å². The molecule has 3 heterocycles. The standard InChI is InChI=1S/C43H49IO22/c1-17-33(58-18(2)45)38(60-20(4)47)40(62-22(6)49)42(57-17)56-16-29-35(59-19(3)46)39(61-21(5)48)41(63-23(7)50)43(64-29)66-37-32(51)30-27(54-10)15-28(55-11)31(44)36(30)65-34(37)24-12-13-25(52-8)26(14-24)53-9/h12-15,17,29,33,35,38-43H,16H2,1-11H3/t17-,29+,33-,35+,38+,39-,40+,41+,42+,43-/m0/s1. The van der Waals surface area contributed by atoms with E-state index in [2.05, 4.69) is 0 Å². The quantitative estimate of drug-likeness (QED) is 0.113. The lowest BCUT2D eigenvalue weighted by atomic mass is 9.97. The molecule has 2 aliphatic rings. The fourth-order valence-corrected chi connectivity index (χ4v) is 8.10. The second-order valence-electron chi connectivity index (χ2n) is 14.6. The minimum Gasteiger partial charge on any atom is -0.496 e. The Morgan fingerprint density at radius 1 is 0.576 bits per heavy atom. The maximum absolute atomic E-state index is 14.9. The molecule has 23 heteroatoms. The summed E-state index contributed by atoms with van der Waals surface area (Å²) in [6.45, 7) is 7.18. The van der Waals surface area contributed by atoms with E-state index in [0.29, 0.717) is 15.1 Å². The van der Waals surface area contributed by atoms with Gasteiger partial charge < -0.3 is 70.7 Å². The number of esters is 6. The predicted molar refractivity (Wildman–Crippen MR) is 230 cm³/mol. The summed E-state index contributed by atoms with van der Waals surface area (Å²) in [4.78, 5) is 90.1. The number of rotatable bonds is 16. The molecular formula is C43H49IO22. The van der Waals surface area contributed by atoms with Crippen LogP contribution in [0.2, 0.25) is 0 Å². The second-order valence-corrected chi connectivity index (χ2v) is 15.7. The first-order chi connectivity index (χ1) is 31.2. The largest absolute Gasteiger partial charge is 0.496 e. The number of methoxy groups -OCH3 is 4. The molecule has 0 radical (unpaired) electrons. The number of hydrogen-bond donors (Lipinski definition) is 0. The van der Waals surface area contributed by atoms with Crippen LogP contribution in [-0.4, -0.2) is 132 Å². The highest BCUT2D eigenvalue weighted by Crippen LogP contribution is 2.43. The van der Waals surface area contributed by atoms with Crippen molar-refractivity contribution in [3.8, 4) is 40.1 Å². The molecule has 2 aromatic carbocycles. The van der Waals surface area contributed by atoms with Gasteiger partial charge in [-0.25, -0.2) is 0 Å². The van der Waals surface area contributed by atoms with Gasteiger partial charge in [-0.2, -0.15) is 0 Å². The fraction of sp³-hybridized carbons (Fsp3) is 0.512. The average Bonchev–Trinajstić information content (AvgIpc) is 3.24. The molecule has 0 spiro atoms. The van der Waals surface area contributed by atoms with Crippen molar-refractivity contribution in [2.75, 3.05) is 35.0 Å². The van der Waals surface area contributed by atoms with E-state index in [1.54, 1.807) is 12.1 Å². The number of carbonyl (C=O) groups excluding carboxylic acids is 6. The molecule has 22 nitrogen and oxygen atoms in total. The Hall–Kier alpha value is -5.92. The highest BCUT2D eigenvalue weighted by molar-refractivity contribution is 14.1. The summed E-state index contributed by atoms with van der Waals surface area (Å²) in [6.07, 6.45) is -15.6.